The molecule has 88 valence electrons. The molecule has 2 rings (SSSR count). The van der Waals surface area contributed by atoms with E-state index in [1.165, 1.54) is 6.20 Å². The van der Waals surface area contributed by atoms with Gasteiger partial charge < -0.3 is 5.11 Å². The highest BCUT2D eigenvalue weighted by Crippen LogP contribution is 2.12. The number of hydrogen-bond donors (Lipinski definition) is 1. The number of benzene rings is 1. The second-order valence-corrected chi connectivity index (χ2v) is 4.02. The van der Waals surface area contributed by atoms with Gasteiger partial charge in [0, 0.05) is 5.02 Å². The number of rotatable bonds is 4. The van der Waals surface area contributed by atoms with Gasteiger partial charge in [0.1, 0.15) is 0 Å². The quantitative estimate of drug-likeness (QED) is 0.896. The third-order valence-electron chi connectivity index (χ3n) is 2.25. The van der Waals surface area contributed by atoms with Gasteiger partial charge in [-0.05, 0) is 17.7 Å². The van der Waals surface area contributed by atoms with Crippen molar-refractivity contribution in [2.75, 3.05) is 0 Å². The number of carboxylic acids is 1. The molecule has 1 aromatic carbocycles. The van der Waals surface area contributed by atoms with E-state index in [0.29, 0.717) is 17.3 Å². The van der Waals surface area contributed by atoms with Crippen molar-refractivity contribution < 1.29 is 9.90 Å². The van der Waals surface area contributed by atoms with Gasteiger partial charge in [-0.15, -0.1) is 5.10 Å². The summed E-state index contributed by atoms with van der Waals surface area (Å²) in [6.07, 6.45) is 1.37. The molecule has 17 heavy (non-hydrogen) atoms. The number of halogens is 1. The minimum atomic E-state index is -0.903. The maximum atomic E-state index is 10.6. The predicted octanol–water partition coefficient (Wildman–Crippen LogP) is 1.61. The van der Waals surface area contributed by atoms with Gasteiger partial charge in [0.25, 0.3) is 0 Å². The molecule has 0 unspecified atom stereocenters. The molecule has 0 atom stereocenters. The number of nitrogens with zero attached hydrogens (tertiary/aromatic N) is 3. The Morgan fingerprint density at radius 1 is 1.47 bits per heavy atom. The molecule has 0 aliphatic rings. The molecule has 0 amide bonds. The molecule has 1 heterocycles. The van der Waals surface area contributed by atoms with Crippen molar-refractivity contribution in [3.8, 4) is 0 Å². The zero-order chi connectivity index (χ0) is 12.3. The second kappa shape index (κ2) is 4.97. The van der Waals surface area contributed by atoms with Gasteiger partial charge in [-0.25, -0.2) is 4.68 Å². The van der Waals surface area contributed by atoms with E-state index in [-0.39, 0.29) is 6.42 Å². The third kappa shape index (κ3) is 3.04. The van der Waals surface area contributed by atoms with Crippen molar-refractivity contribution in [2.24, 2.45) is 0 Å². The van der Waals surface area contributed by atoms with Crippen molar-refractivity contribution in [3.05, 3.63) is 46.7 Å². The number of carboxylic acid groups (broad SMARTS) is 1. The van der Waals surface area contributed by atoms with E-state index in [0.717, 1.165) is 5.56 Å². The summed E-state index contributed by atoms with van der Waals surface area (Å²) in [6.45, 7) is 0.461. The van der Waals surface area contributed by atoms with E-state index in [2.05, 4.69) is 10.3 Å². The number of hydrogen-bond acceptors (Lipinski definition) is 3. The Morgan fingerprint density at radius 3 is 3.00 bits per heavy atom. The normalized spacial score (nSPS) is 10.4. The summed E-state index contributed by atoms with van der Waals surface area (Å²) in [5.41, 5.74) is 1.52. The number of aromatic nitrogens is 3. The molecule has 0 aliphatic carbocycles. The largest absolute Gasteiger partial charge is 0.481 e. The monoisotopic (exact) mass is 251 g/mol. The van der Waals surface area contributed by atoms with Crippen LogP contribution < -0.4 is 0 Å². The Bertz CT molecular complexity index is 539. The van der Waals surface area contributed by atoms with E-state index in [4.69, 9.17) is 16.7 Å². The molecule has 0 saturated heterocycles. The summed E-state index contributed by atoms with van der Waals surface area (Å²) in [4.78, 5) is 10.6. The van der Waals surface area contributed by atoms with E-state index in [1.54, 1.807) is 10.7 Å². The smallest absolute Gasteiger partial charge is 0.309 e. The summed E-state index contributed by atoms with van der Waals surface area (Å²) in [6, 6.07) is 7.34. The fourth-order valence-corrected chi connectivity index (χ4v) is 1.73. The first-order valence-corrected chi connectivity index (χ1v) is 5.36. The van der Waals surface area contributed by atoms with Crippen molar-refractivity contribution >= 4 is 17.6 Å². The van der Waals surface area contributed by atoms with Crippen LogP contribution in [0.1, 0.15) is 11.3 Å². The molecule has 5 nitrogen and oxygen atoms in total. The first-order chi connectivity index (χ1) is 8.15. The van der Waals surface area contributed by atoms with Gasteiger partial charge in [0.05, 0.1) is 24.9 Å². The van der Waals surface area contributed by atoms with E-state index in [9.17, 15) is 4.79 Å². The Hall–Kier alpha value is -1.88. The molecule has 6 heteroatoms. The lowest BCUT2D eigenvalue weighted by atomic mass is 10.2. The number of aliphatic carboxylic acids is 1. The fourth-order valence-electron chi connectivity index (χ4n) is 1.51. The summed E-state index contributed by atoms with van der Waals surface area (Å²) >= 11 is 5.87. The molecule has 1 aromatic heterocycles. The summed E-state index contributed by atoms with van der Waals surface area (Å²) in [7, 11) is 0. The van der Waals surface area contributed by atoms with Crippen LogP contribution in [0, 0.1) is 0 Å². The molecule has 0 radical (unpaired) electrons. The fraction of sp³-hybridized carbons (Fsp3) is 0.182. The molecule has 0 bridgehead atoms. The first-order valence-electron chi connectivity index (χ1n) is 4.99. The van der Waals surface area contributed by atoms with Crippen molar-refractivity contribution in [3.63, 3.8) is 0 Å². The van der Waals surface area contributed by atoms with Crippen LogP contribution in [0.2, 0.25) is 5.02 Å². The van der Waals surface area contributed by atoms with Crippen LogP contribution in [0.4, 0.5) is 0 Å². The second-order valence-electron chi connectivity index (χ2n) is 3.58. The maximum absolute atomic E-state index is 10.6. The lowest BCUT2D eigenvalue weighted by Crippen LogP contribution is -2.10. The van der Waals surface area contributed by atoms with Crippen molar-refractivity contribution in [2.45, 2.75) is 13.0 Å². The summed E-state index contributed by atoms with van der Waals surface area (Å²) in [5, 5.41) is 16.9. The van der Waals surface area contributed by atoms with Crippen LogP contribution in [0.25, 0.3) is 0 Å². The molecule has 0 aliphatic heterocycles. The lowest BCUT2D eigenvalue weighted by molar-refractivity contribution is -0.136. The molecule has 0 spiro atoms. The minimum absolute atomic E-state index is 0.0897. The van der Waals surface area contributed by atoms with Crippen molar-refractivity contribution in [1.29, 1.82) is 0 Å². The highest BCUT2D eigenvalue weighted by atomic mass is 35.5. The summed E-state index contributed by atoms with van der Waals surface area (Å²) in [5.74, 6) is -0.903. The van der Waals surface area contributed by atoms with Gasteiger partial charge in [-0.1, -0.05) is 28.9 Å². The van der Waals surface area contributed by atoms with E-state index >= 15 is 0 Å². The van der Waals surface area contributed by atoms with Gasteiger partial charge in [-0.2, -0.15) is 0 Å². The van der Waals surface area contributed by atoms with Gasteiger partial charge in [-0.3, -0.25) is 4.79 Å². The molecular formula is C11H10ClN3O2. The average Bonchev–Trinajstić information content (AvgIpc) is 2.65. The zero-order valence-electron chi connectivity index (χ0n) is 8.88. The van der Waals surface area contributed by atoms with Gasteiger partial charge >= 0.3 is 5.97 Å². The molecule has 0 saturated carbocycles. The highest BCUT2D eigenvalue weighted by Gasteiger charge is 2.08. The van der Waals surface area contributed by atoms with Crippen LogP contribution in [0.15, 0.2) is 30.5 Å². The van der Waals surface area contributed by atoms with Crippen molar-refractivity contribution in [1.82, 2.24) is 15.0 Å². The Labute approximate surface area is 103 Å². The van der Waals surface area contributed by atoms with E-state index < -0.39 is 5.97 Å². The minimum Gasteiger partial charge on any atom is -0.481 e. The van der Waals surface area contributed by atoms with Crippen LogP contribution in [0.3, 0.4) is 0 Å². The lowest BCUT2D eigenvalue weighted by Gasteiger charge is -2.05. The molecule has 2 aromatic rings. The van der Waals surface area contributed by atoms with Gasteiger partial charge in [0.15, 0.2) is 0 Å². The topological polar surface area (TPSA) is 68.0 Å². The number of carbonyl (C=O) groups is 1. The standard InChI is InChI=1S/C11H10ClN3O2/c12-9-3-1-2-8(4-9)7-15-10(5-11(16)17)6-13-14-15/h1-4,6H,5,7H2,(H,16,17). The van der Waals surface area contributed by atoms with Crippen LogP contribution in [-0.4, -0.2) is 26.1 Å². The molecule has 1 N–H and O–H groups in total. The Balaban J connectivity index is 2.18. The van der Waals surface area contributed by atoms with Crippen LogP contribution in [0.5, 0.6) is 0 Å². The highest BCUT2D eigenvalue weighted by molar-refractivity contribution is 6.30. The average molecular weight is 252 g/mol. The van der Waals surface area contributed by atoms with Gasteiger partial charge in [0.2, 0.25) is 0 Å². The Morgan fingerprint density at radius 2 is 2.29 bits per heavy atom. The molecule has 0 fully saturated rings. The molecular weight excluding hydrogens is 242 g/mol. The Kier molecular flexibility index (Phi) is 3.39. The SMILES string of the molecule is O=C(O)Cc1cnnn1Cc1cccc(Cl)c1. The summed E-state index contributed by atoms with van der Waals surface area (Å²) < 4.78 is 1.56. The third-order valence-corrected chi connectivity index (χ3v) is 2.49. The predicted molar refractivity (Wildman–Crippen MR) is 61.9 cm³/mol. The first kappa shape index (κ1) is 11.6. The zero-order valence-corrected chi connectivity index (χ0v) is 9.63. The maximum Gasteiger partial charge on any atom is 0.309 e. The van der Waals surface area contributed by atoms with E-state index in [1.807, 2.05) is 18.2 Å². The van der Waals surface area contributed by atoms with Crippen LogP contribution >= 0.6 is 11.6 Å². The van der Waals surface area contributed by atoms with Crippen LogP contribution in [-0.2, 0) is 17.8 Å².